The van der Waals surface area contributed by atoms with Crippen molar-refractivity contribution in [2.75, 3.05) is 11.9 Å². The summed E-state index contributed by atoms with van der Waals surface area (Å²) in [6.45, 7) is 6.54. The van der Waals surface area contributed by atoms with Crippen LogP contribution in [0.3, 0.4) is 0 Å². The fourth-order valence-corrected chi connectivity index (χ4v) is 2.12. The quantitative estimate of drug-likeness (QED) is 0.722. The van der Waals surface area contributed by atoms with Crippen LogP contribution < -0.4 is 14.8 Å². The van der Waals surface area contributed by atoms with Crippen LogP contribution in [0.4, 0.5) is 5.69 Å². The number of ether oxygens (including phenoxy) is 2. The zero-order valence-corrected chi connectivity index (χ0v) is 14.5. The summed E-state index contributed by atoms with van der Waals surface area (Å²) in [6, 6.07) is 15.0. The minimum absolute atomic E-state index is 0.193. The predicted molar refractivity (Wildman–Crippen MR) is 96.7 cm³/mol. The first kappa shape index (κ1) is 17.9. The lowest BCUT2D eigenvalue weighted by Gasteiger charge is -2.15. The third kappa shape index (κ3) is 5.61. The Morgan fingerprint density at radius 2 is 1.88 bits per heavy atom. The number of nitrogens with one attached hydrogen (secondary N) is 1. The Labute approximate surface area is 143 Å². The van der Waals surface area contributed by atoms with Gasteiger partial charge >= 0.3 is 0 Å². The van der Waals surface area contributed by atoms with E-state index in [0.29, 0.717) is 18.0 Å². The van der Waals surface area contributed by atoms with Crippen LogP contribution in [0.15, 0.2) is 48.5 Å². The minimum Gasteiger partial charge on any atom is -0.494 e. The molecule has 4 nitrogen and oxygen atoms in total. The molecule has 0 saturated carbocycles. The number of hydrogen-bond donors (Lipinski definition) is 1. The first-order chi connectivity index (χ1) is 11.6. The largest absolute Gasteiger partial charge is 0.494 e. The van der Waals surface area contributed by atoms with Crippen LogP contribution in [0.25, 0.3) is 0 Å². The SMILES string of the molecule is CCCCOc1cccc(NC(=O)C(C)Oc2ccc(C)cc2)c1. The number of carbonyl (C=O) groups excluding carboxylic acids is 1. The first-order valence-corrected chi connectivity index (χ1v) is 8.35. The molecule has 0 aliphatic rings. The van der Waals surface area contributed by atoms with Crippen molar-refractivity contribution in [3.63, 3.8) is 0 Å². The number of rotatable bonds is 8. The van der Waals surface area contributed by atoms with Crippen molar-refractivity contribution in [3.8, 4) is 11.5 Å². The van der Waals surface area contributed by atoms with Crippen LogP contribution >= 0.6 is 0 Å². The van der Waals surface area contributed by atoms with Crippen molar-refractivity contribution >= 4 is 11.6 Å². The number of anilines is 1. The van der Waals surface area contributed by atoms with Gasteiger partial charge in [0, 0.05) is 11.8 Å². The summed E-state index contributed by atoms with van der Waals surface area (Å²) in [5, 5.41) is 2.86. The number of unbranched alkanes of at least 4 members (excludes halogenated alkanes) is 1. The average molecular weight is 327 g/mol. The molecule has 4 heteroatoms. The van der Waals surface area contributed by atoms with E-state index in [-0.39, 0.29) is 5.91 Å². The van der Waals surface area contributed by atoms with Gasteiger partial charge in [-0.2, -0.15) is 0 Å². The third-order valence-electron chi connectivity index (χ3n) is 3.57. The van der Waals surface area contributed by atoms with E-state index in [0.717, 1.165) is 24.2 Å². The molecule has 1 N–H and O–H groups in total. The van der Waals surface area contributed by atoms with Gasteiger partial charge in [0.05, 0.1) is 6.61 Å². The van der Waals surface area contributed by atoms with Gasteiger partial charge in [0.25, 0.3) is 5.91 Å². The molecule has 2 aromatic carbocycles. The molecule has 1 atom stereocenters. The van der Waals surface area contributed by atoms with Crippen LogP contribution in [0, 0.1) is 6.92 Å². The Morgan fingerprint density at radius 1 is 1.12 bits per heavy atom. The van der Waals surface area contributed by atoms with Crippen molar-refractivity contribution in [2.45, 2.75) is 39.7 Å². The maximum atomic E-state index is 12.3. The molecule has 0 saturated heterocycles. The zero-order valence-electron chi connectivity index (χ0n) is 14.5. The second kappa shape index (κ2) is 8.96. The number of carbonyl (C=O) groups is 1. The van der Waals surface area contributed by atoms with Crippen molar-refractivity contribution in [1.29, 1.82) is 0 Å². The van der Waals surface area contributed by atoms with Gasteiger partial charge < -0.3 is 14.8 Å². The highest BCUT2D eigenvalue weighted by molar-refractivity contribution is 5.94. The van der Waals surface area contributed by atoms with Gasteiger partial charge in [-0.25, -0.2) is 0 Å². The molecule has 0 radical (unpaired) electrons. The minimum atomic E-state index is -0.586. The van der Waals surface area contributed by atoms with Crippen LogP contribution in [-0.2, 0) is 4.79 Å². The smallest absolute Gasteiger partial charge is 0.265 e. The second-order valence-electron chi connectivity index (χ2n) is 5.79. The molecule has 24 heavy (non-hydrogen) atoms. The molecule has 2 aromatic rings. The lowest BCUT2D eigenvalue weighted by molar-refractivity contribution is -0.122. The summed E-state index contributed by atoms with van der Waals surface area (Å²) in [4.78, 5) is 12.3. The number of benzene rings is 2. The van der Waals surface area contributed by atoms with Crippen LogP contribution in [0.1, 0.15) is 32.3 Å². The van der Waals surface area contributed by atoms with Gasteiger partial charge in [-0.05, 0) is 44.5 Å². The molecular weight excluding hydrogens is 302 g/mol. The summed E-state index contributed by atoms with van der Waals surface area (Å²) >= 11 is 0. The van der Waals surface area contributed by atoms with Gasteiger partial charge in [0.15, 0.2) is 6.10 Å². The molecule has 0 aromatic heterocycles. The van der Waals surface area contributed by atoms with E-state index in [1.807, 2.05) is 55.5 Å². The van der Waals surface area contributed by atoms with Gasteiger partial charge in [0.1, 0.15) is 11.5 Å². The molecule has 0 heterocycles. The van der Waals surface area contributed by atoms with E-state index in [2.05, 4.69) is 12.2 Å². The van der Waals surface area contributed by atoms with E-state index in [9.17, 15) is 4.79 Å². The third-order valence-corrected chi connectivity index (χ3v) is 3.57. The summed E-state index contributed by atoms with van der Waals surface area (Å²) in [6.07, 6.45) is 1.51. The van der Waals surface area contributed by atoms with E-state index in [1.165, 1.54) is 0 Å². The predicted octanol–water partition coefficient (Wildman–Crippen LogP) is 4.58. The molecule has 0 fully saturated rings. The molecule has 1 unspecified atom stereocenters. The Kier molecular flexibility index (Phi) is 6.67. The monoisotopic (exact) mass is 327 g/mol. The fourth-order valence-electron chi connectivity index (χ4n) is 2.12. The van der Waals surface area contributed by atoms with Crippen molar-refractivity contribution < 1.29 is 14.3 Å². The topological polar surface area (TPSA) is 47.6 Å². The Bertz CT molecular complexity index is 652. The number of amides is 1. The van der Waals surface area contributed by atoms with Crippen molar-refractivity contribution in [1.82, 2.24) is 0 Å². The molecule has 0 bridgehead atoms. The molecule has 0 spiro atoms. The van der Waals surface area contributed by atoms with Gasteiger partial charge in [-0.15, -0.1) is 0 Å². The van der Waals surface area contributed by atoms with E-state index < -0.39 is 6.10 Å². The zero-order chi connectivity index (χ0) is 17.4. The molecule has 2 rings (SSSR count). The van der Waals surface area contributed by atoms with Crippen LogP contribution in [0.2, 0.25) is 0 Å². The highest BCUT2D eigenvalue weighted by atomic mass is 16.5. The summed E-state index contributed by atoms with van der Waals surface area (Å²) < 4.78 is 11.3. The highest BCUT2D eigenvalue weighted by Crippen LogP contribution is 2.19. The average Bonchev–Trinajstić information content (AvgIpc) is 2.57. The standard InChI is InChI=1S/C20H25NO3/c1-4-5-13-23-19-8-6-7-17(14-19)21-20(22)16(3)24-18-11-9-15(2)10-12-18/h6-12,14,16H,4-5,13H2,1-3H3,(H,21,22). The summed E-state index contributed by atoms with van der Waals surface area (Å²) in [5.41, 5.74) is 1.85. The highest BCUT2D eigenvalue weighted by Gasteiger charge is 2.15. The second-order valence-corrected chi connectivity index (χ2v) is 5.79. The lowest BCUT2D eigenvalue weighted by atomic mass is 10.2. The molecule has 0 aliphatic heterocycles. The molecule has 0 aliphatic carbocycles. The summed E-state index contributed by atoms with van der Waals surface area (Å²) in [5.74, 6) is 1.24. The van der Waals surface area contributed by atoms with Crippen molar-refractivity contribution in [3.05, 3.63) is 54.1 Å². The maximum Gasteiger partial charge on any atom is 0.265 e. The fraction of sp³-hybridized carbons (Fsp3) is 0.350. The maximum absolute atomic E-state index is 12.3. The van der Waals surface area contributed by atoms with E-state index in [1.54, 1.807) is 6.92 Å². The molecule has 128 valence electrons. The summed E-state index contributed by atoms with van der Waals surface area (Å²) in [7, 11) is 0. The molecule has 1 amide bonds. The van der Waals surface area contributed by atoms with Crippen molar-refractivity contribution in [2.24, 2.45) is 0 Å². The number of hydrogen-bond acceptors (Lipinski definition) is 3. The van der Waals surface area contributed by atoms with E-state index in [4.69, 9.17) is 9.47 Å². The Balaban J connectivity index is 1.90. The molecular formula is C20H25NO3. The van der Waals surface area contributed by atoms with E-state index >= 15 is 0 Å². The Morgan fingerprint density at radius 3 is 2.58 bits per heavy atom. The first-order valence-electron chi connectivity index (χ1n) is 8.35. The normalized spacial score (nSPS) is 11.6. The van der Waals surface area contributed by atoms with Gasteiger partial charge in [0.2, 0.25) is 0 Å². The van der Waals surface area contributed by atoms with Crippen LogP contribution in [-0.4, -0.2) is 18.6 Å². The lowest BCUT2D eigenvalue weighted by Crippen LogP contribution is -2.30. The number of aryl methyl sites for hydroxylation is 1. The Hall–Kier alpha value is -2.49. The van der Waals surface area contributed by atoms with Gasteiger partial charge in [-0.3, -0.25) is 4.79 Å². The van der Waals surface area contributed by atoms with Crippen LogP contribution in [0.5, 0.6) is 11.5 Å². The van der Waals surface area contributed by atoms with Gasteiger partial charge in [-0.1, -0.05) is 37.1 Å².